The van der Waals surface area contributed by atoms with Gasteiger partial charge in [0.2, 0.25) is 0 Å². The summed E-state index contributed by atoms with van der Waals surface area (Å²) in [6.07, 6.45) is 1.68. The van der Waals surface area contributed by atoms with E-state index in [0.717, 1.165) is 29.8 Å². The first-order valence-corrected chi connectivity index (χ1v) is 6.41. The van der Waals surface area contributed by atoms with Crippen LogP contribution in [-0.2, 0) is 6.42 Å². The number of aryl methyl sites for hydroxylation is 2. The van der Waals surface area contributed by atoms with E-state index < -0.39 is 0 Å². The Morgan fingerprint density at radius 1 is 1.35 bits per heavy atom. The van der Waals surface area contributed by atoms with Crippen LogP contribution in [0.3, 0.4) is 0 Å². The number of nitrogens with zero attached hydrogens (tertiary/aromatic N) is 4. The molecule has 0 fully saturated rings. The molecule has 2 N–H and O–H groups in total. The lowest BCUT2D eigenvalue weighted by Gasteiger charge is -2.10. The Morgan fingerprint density at radius 2 is 2.05 bits per heavy atom. The van der Waals surface area contributed by atoms with Gasteiger partial charge in [-0.25, -0.2) is 4.68 Å². The number of nitro benzene ring substituents is 1. The van der Waals surface area contributed by atoms with Crippen LogP contribution in [0.5, 0.6) is 0 Å². The largest absolute Gasteiger partial charge is 0.381 e. The van der Waals surface area contributed by atoms with E-state index in [4.69, 9.17) is 5.73 Å². The number of benzene rings is 1. The molecular weight excluding hydrogens is 258 g/mol. The van der Waals surface area contributed by atoms with Crippen LogP contribution >= 0.6 is 0 Å². The van der Waals surface area contributed by atoms with Crippen molar-refractivity contribution in [1.82, 2.24) is 15.0 Å². The predicted octanol–water partition coefficient (Wildman–Crippen LogP) is 2.33. The molecule has 106 valence electrons. The molecule has 0 bridgehead atoms. The minimum atomic E-state index is -0.380. The number of rotatable bonds is 4. The molecule has 0 radical (unpaired) electrons. The van der Waals surface area contributed by atoms with E-state index >= 15 is 0 Å². The maximum absolute atomic E-state index is 10.9. The molecule has 0 aliphatic rings. The smallest absolute Gasteiger partial charge is 0.272 e. The lowest BCUT2D eigenvalue weighted by Crippen LogP contribution is -2.07. The number of hydrogen-bond acceptors (Lipinski definition) is 5. The highest BCUT2D eigenvalue weighted by molar-refractivity contribution is 5.54. The Bertz CT molecular complexity index is 663. The van der Waals surface area contributed by atoms with Crippen molar-refractivity contribution in [3.63, 3.8) is 0 Å². The van der Waals surface area contributed by atoms with E-state index in [0.29, 0.717) is 11.4 Å². The zero-order valence-corrected chi connectivity index (χ0v) is 11.8. The first-order valence-electron chi connectivity index (χ1n) is 6.41. The minimum absolute atomic E-state index is 0.108. The number of nitrogens with two attached hydrogens (primary N) is 1. The molecule has 0 unspecified atom stereocenters. The number of hydrogen-bond donors (Lipinski definition) is 1. The van der Waals surface area contributed by atoms with Crippen molar-refractivity contribution in [2.24, 2.45) is 0 Å². The molecule has 1 aromatic heterocycles. The summed E-state index contributed by atoms with van der Waals surface area (Å²) in [5.74, 6) is 0.405. The van der Waals surface area contributed by atoms with Gasteiger partial charge in [0.1, 0.15) is 0 Å². The number of nitro groups is 1. The van der Waals surface area contributed by atoms with E-state index in [1.165, 1.54) is 0 Å². The molecule has 20 heavy (non-hydrogen) atoms. The molecule has 7 nitrogen and oxygen atoms in total. The Labute approximate surface area is 116 Å². The summed E-state index contributed by atoms with van der Waals surface area (Å²) in [5.41, 5.74) is 8.91. The van der Waals surface area contributed by atoms with Crippen LogP contribution in [0.15, 0.2) is 12.1 Å². The Hall–Kier alpha value is -2.44. The summed E-state index contributed by atoms with van der Waals surface area (Å²) in [7, 11) is 0. The number of aromatic nitrogens is 3. The molecule has 0 aliphatic heterocycles. The van der Waals surface area contributed by atoms with Crippen molar-refractivity contribution in [3.8, 4) is 5.69 Å². The highest BCUT2D eigenvalue weighted by atomic mass is 16.6. The van der Waals surface area contributed by atoms with Gasteiger partial charge in [0, 0.05) is 11.6 Å². The Morgan fingerprint density at radius 3 is 2.65 bits per heavy atom. The van der Waals surface area contributed by atoms with Crippen LogP contribution in [0, 0.1) is 24.0 Å². The van der Waals surface area contributed by atoms with E-state index in [1.807, 2.05) is 13.8 Å². The van der Waals surface area contributed by atoms with Crippen LogP contribution in [0.2, 0.25) is 0 Å². The van der Waals surface area contributed by atoms with Gasteiger partial charge in [0.05, 0.1) is 16.3 Å². The molecule has 0 atom stereocenters. The first-order chi connectivity index (χ1) is 9.45. The summed E-state index contributed by atoms with van der Waals surface area (Å²) in [5, 5.41) is 18.9. The fourth-order valence-corrected chi connectivity index (χ4v) is 2.19. The standard InChI is InChI=1S/C13H17N5O2/c1-4-5-10-13(14)15-16-17(10)11-6-9(3)12(18(19)20)7-8(11)2/h6-7H,4-5,14H2,1-3H3. The highest BCUT2D eigenvalue weighted by Gasteiger charge is 2.17. The average Bonchev–Trinajstić information content (AvgIpc) is 2.74. The van der Waals surface area contributed by atoms with Gasteiger partial charge < -0.3 is 5.73 Å². The molecule has 1 aromatic carbocycles. The molecule has 0 spiro atoms. The highest BCUT2D eigenvalue weighted by Crippen LogP contribution is 2.26. The van der Waals surface area contributed by atoms with Crippen molar-refractivity contribution in [3.05, 3.63) is 39.1 Å². The van der Waals surface area contributed by atoms with Crippen LogP contribution in [-0.4, -0.2) is 19.9 Å². The van der Waals surface area contributed by atoms with Crippen LogP contribution in [0.1, 0.15) is 30.2 Å². The van der Waals surface area contributed by atoms with Gasteiger partial charge in [-0.2, -0.15) is 0 Å². The molecule has 1 heterocycles. The third kappa shape index (κ3) is 2.34. The van der Waals surface area contributed by atoms with E-state index in [2.05, 4.69) is 10.3 Å². The molecule has 2 aromatic rings. The summed E-state index contributed by atoms with van der Waals surface area (Å²) in [4.78, 5) is 10.6. The second-order valence-corrected chi connectivity index (χ2v) is 4.77. The van der Waals surface area contributed by atoms with Crippen LogP contribution in [0.4, 0.5) is 11.5 Å². The third-order valence-electron chi connectivity index (χ3n) is 3.22. The lowest BCUT2D eigenvalue weighted by molar-refractivity contribution is -0.385. The predicted molar refractivity (Wildman–Crippen MR) is 75.9 cm³/mol. The SMILES string of the molecule is CCCc1c(N)nnn1-c1cc(C)c([N+](=O)[O-])cc1C. The van der Waals surface area contributed by atoms with Gasteiger partial charge in [0.15, 0.2) is 5.82 Å². The van der Waals surface area contributed by atoms with Crippen molar-refractivity contribution >= 4 is 11.5 Å². The maximum Gasteiger partial charge on any atom is 0.272 e. The summed E-state index contributed by atoms with van der Waals surface area (Å²) in [6, 6.07) is 3.30. The van der Waals surface area contributed by atoms with Crippen molar-refractivity contribution in [2.45, 2.75) is 33.6 Å². The second kappa shape index (κ2) is 5.28. The van der Waals surface area contributed by atoms with Crippen LogP contribution in [0.25, 0.3) is 5.69 Å². The topological polar surface area (TPSA) is 99.9 Å². The summed E-state index contributed by atoms with van der Waals surface area (Å²) in [6.45, 7) is 5.57. The quantitative estimate of drug-likeness (QED) is 0.681. The molecular formula is C13H17N5O2. The number of anilines is 1. The molecule has 2 rings (SSSR count). The normalized spacial score (nSPS) is 10.8. The monoisotopic (exact) mass is 275 g/mol. The van der Waals surface area contributed by atoms with Crippen molar-refractivity contribution < 1.29 is 4.92 Å². The second-order valence-electron chi connectivity index (χ2n) is 4.77. The maximum atomic E-state index is 10.9. The summed E-state index contributed by atoms with van der Waals surface area (Å²) < 4.78 is 1.67. The zero-order valence-electron chi connectivity index (χ0n) is 11.8. The molecule has 0 amide bonds. The van der Waals surface area contributed by atoms with E-state index in [-0.39, 0.29) is 10.6 Å². The average molecular weight is 275 g/mol. The summed E-state index contributed by atoms with van der Waals surface area (Å²) >= 11 is 0. The Kier molecular flexibility index (Phi) is 3.69. The van der Waals surface area contributed by atoms with E-state index in [1.54, 1.807) is 23.7 Å². The van der Waals surface area contributed by atoms with E-state index in [9.17, 15) is 10.1 Å². The number of nitrogen functional groups attached to an aromatic ring is 1. The van der Waals surface area contributed by atoms with Crippen molar-refractivity contribution in [2.75, 3.05) is 5.73 Å². The van der Waals surface area contributed by atoms with Crippen molar-refractivity contribution in [1.29, 1.82) is 0 Å². The van der Waals surface area contributed by atoms with Gasteiger partial charge in [0.25, 0.3) is 5.69 Å². The van der Waals surface area contributed by atoms with Gasteiger partial charge in [-0.1, -0.05) is 18.6 Å². The Balaban J connectivity index is 2.59. The van der Waals surface area contributed by atoms with Gasteiger partial charge in [-0.3, -0.25) is 10.1 Å². The molecule has 0 saturated heterocycles. The fourth-order valence-electron chi connectivity index (χ4n) is 2.19. The minimum Gasteiger partial charge on any atom is -0.381 e. The lowest BCUT2D eigenvalue weighted by atomic mass is 10.1. The molecule has 0 aliphatic carbocycles. The molecule has 7 heteroatoms. The van der Waals surface area contributed by atoms with Gasteiger partial charge in [-0.05, 0) is 31.9 Å². The van der Waals surface area contributed by atoms with Gasteiger partial charge >= 0.3 is 0 Å². The zero-order chi connectivity index (χ0) is 14.9. The fraction of sp³-hybridized carbons (Fsp3) is 0.385. The van der Waals surface area contributed by atoms with Crippen LogP contribution < -0.4 is 5.73 Å². The van der Waals surface area contributed by atoms with Gasteiger partial charge in [-0.15, -0.1) is 5.10 Å². The molecule has 0 saturated carbocycles. The first kappa shape index (κ1) is 14.0. The third-order valence-corrected chi connectivity index (χ3v) is 3.22.